The lowest BCUT2D eigenvalue weighted by Gasteiger charge is -2.29. The Hall–Kier alpha value is -2.60. The molecule has 0 unspecified atom stereocenters. The van der Waals surface area contributed by atoms with Gasteiger partial charge in [-0.25, -0.2) is 5.06 Å². The fourth-order valence-corrected chi connectivity index (χ4v) is 3.56. The third-order valence-electron chi connectivity index (χ3n) is 5.31. The van der Waals surface area contributed by atoms with Gasteiger partial charge in [0.2, 0.25) is 0 Å². The lowest BCUT2D eigenvalue weighted by atomic mass is 9.76. The van der Waals surface area contributed by atoms with Crippen molar-refractivity contribution in [2.45, 2.75) is 40.0 Å². The number of amides is 1. The van der Waals surface area contributed by atoms with Crippen LogP contribution in [-0.2, 0) is 22.5 Å². The van der Waals surface area contributed by atoms with Crippen LogP contribution in [0.1, 0.15) is 42.8 Å². The minimum Gasteiger partial charge on any atom is -0.357 e. The van der Waals surface area contributed by atoms with E-state index in [1.165, 1.54) is 23.4 Å². The molecule has 2 aromatic heterocycles. The van der Waals surface area contributed by atoms with Crippen molar-refractivity contribution in [1.29, 1.82) is 0 Å². The van der Waals surface area contributed by atoms with Gasteiger partial charge in [0.1, 0.15) is 5.69 Å². The summed E-state index contributed by atoms with van der Waals surface area (Å²) in [5.74, 6) is -0.242. The average Bonchev–Trinajstić information content (AvgIpc) is 3.20. The number of likely N-dealkylation sites (N-methyl/N-ethyl adjacent to an activating group) is 1. The quantitative estimate of drug-likeness (QED) is 0.479. The summed E-state index contributed by atoms with van der Waals surface area (Å²) in [5, 5.41) is 8.98. The summed E-state index contributed by atoms with van der Waals surface area (Å²) in [6.45, 7) is 10.3. The predicted molar refractivity (Wildman–Crippen MR) is 107 cm³/mol. The molecule has 3 rings (SSSR count). The van der Waals surface area contributed by atoms with Gasteiger partial charge in [0.25, 0.3) is 5.91 Å². The molecule has 1 aliphatic rings. The highest BCUT2D eigenvalue weighted by molar-refractivity contribution is 6.00. The van der Waals surface area contributed by atoms with E-state index in [1.807, 2.05) is 19.1 Å². The van der Waals surface area contributed by atoms with E-state index in [2.05, 4.69) is 35.6 Å². The van der Waals surface area contributed by atoms with Crippen LogP contribution in [0, 0.1) is 12.3 Å². The number of hydrogen-bond donors (Lipinski definition) is 2. The lowest BCUT2D eigenvalue weighted by molar-refractivity contribution is -0.163. The number of carbonyl (C=O) groups is 1. The van der Waals surface area contributed by atoms with E-state index in [0.717, 1.165) is 41.9 Å². The summed E-state index contributed by atoms with van der Waals surface area (Å²) in [5.41, 5.74) is 7.16. The molecule has 0 aromatic carbocycles. The van der Waals surface area contributed by atoms with Gasteiger partial charge in [0.15, 0.2) is 0 Å². The molecule has 0 fully saturated rings. The van der Waals surface area contributed by atoms with Crippen molar-refractivity contribution in [3.63, 3.8) is 0 Å². The number of carbonyl (C=O) groups excluding carboxylic acids is 1. The van der Waals surface area contributed by atoms with Crippen molar-refractivity contribution in [2.75, 3.05) is 14.2 Å². The molecule has 0 bridgehead atoms. The highest BCUT2D eigenvalue weighted by Gasteiger charge is 2.29. The summed E-state index contributed by atoms with van der Waals surface area (Å²) in [4.78, 5) is 20.7. The van der Waals surface area contributed by atoms with E-state index >= 15 is 0 Å². The van der Waals surface area contributed by atoms with Gasteiger partial charge in [-0.15, -0.1) is 0 Å². The van der Waals surface area contributed by atoms with Gasteiger partial charge in [0, 0.05) is 29.6 Å². The van der Waals surface area contributed by atoms with Crippen LogP contribution in [0.2, 0.25) is 0 Å². The standard InChI is InChI=1S/C21H28N4O2/c1-7-14(20(26)25(5)27-6)10-15-11-17(22-13(15)2)19-16-8-9-21(3,4)12-18(16)23-24-19/h7,10-11,22H,1,8-9,12H2,2-6H3,(H,23,24)/b14-10+. The number of aryl methyl sites for hydroxylation is 1. The highest BCUT2D eigenvalue weighted by Crippen LogP contribution is 2.38. The monoisotopic (exact) mass is 368 g/mol. The zero-order chi connectivity index (χ0) is 19.8. The second-order valence-corrected chi connectivity index (χ2v) is 7.92. The molecule has 2 heterocycles. The molecule has 2 N–H and O–H groups in total. The Labute approximate surface area is 160 Å². The molecular formula is C21H28N4O2. The van der Waals surface area contributed by atoms with E-state index in [1.54, 1.807) is 13.1 Å². The van der Waals surface area contributed by atoms with Gasteiger partial charge < -0.3 is 4.98 Å². The zero-order valence-corrected chi connectivity index (χ0v) is 16.8. The first-order valence-corrected chi connectivity index (χ1v) is 9.18. The van der Waals surface area contributed by atoms with Crippen LogP contribution in [0.3, 0.4) is 0 Å². The highest BCUT2D eigenvalue weighted by atomic mass is 16.7. The topological polar surface area (TPSA) is 74.0 Å². The van der Waals surface area contributed by atoms with E-state index in [0.29, 0.717) is 11.0 Å². The second-order valence-electron chi connectivity index (χ2n) is 7.92. The van der Waals surface area contributed by atoms with Crippen molar-refractivity contribution in [2.24, 2.45) is 5.41 Å². The number of aromatic amines is 2. The molecule has 0 atom stereocenters. The minimum absolute atomic E-state index is 0.242. The Bertz CT molecular complexity index is 901. The molecular weight excluding hydrogens is 340 g/mol. The van der Waals surface area contributed by atoms with Crippen LogP contribution in [0.25, 0.3) is 17.5 Å². The summed E-state index contributed by atoms with van der Waals surface area (Å²) in [6, 6.07) is 2.04. The van der Waals surface area contributed by atoms with Gasteiger partial charge in [-0.05, 0) is 49.3 Å². The number of rotatable bonds is 5. The van der Waals surface area contributed by atoms with E-state index in [9.17, 15) is 4.79 Å². The maximum absolute atomic E-state index is 12.3. The van der Waals surface area contributed by atoms with Crippen LogP contribution < -0.4 is 0 Å². The number of aromatic nitrogens is 3. The fraction of sp³-hybridized carbons (Fsp3) is 0.429. The number of nitrogens with one attached hydrogen (secondary N) is 2. The Balaban J connectivity index is 1.94. The Morgan fingerprint density at radius 1 is 1.44 bits per heavy atom. The van der Waals surface area contributed by atoms with Crippen LogP contribution in [-0.4, -0.2) is 40.3 Å². The maximum atomic E-state index is 12.3. The van der Waals surface area contributed by atoms with Crippen molar-refractivity contribution in [3.05, 3.63) is 46.8 Å². The average molecular weight is 368 g/mol. The summed E-state index contributed by atoms with van der Waals surface area (Å²) >= 11 is 0. The van der Waals surface area contributed by atoms with Crippen molar-refractivity contribution in [3.8, 4) is 11.4 Å². The van der Waals surface area contributed by atoms with Crippen LogP contribution >= 0.6 is 0 Å². The first kappa shape index (κ1) is 19.2. The first-order chi connectivity index (χ1) is 12.8. The molecule has 6 heteroatoms. The molecule has 144 valence electrons. The molecule has 2 aromatic rings. The molecule has 1 aliphatic carbocycles. The van der Waals surface area contributed by atoms with Crippen LogP contribution in [0.5, 0.6) is 0 Å². The van der Waals surface area contributed by atoms with Crippen molar-refractivity contribution in [1.82, 2.24) is 20.2 Å². The number of hydroxylamine groups is 2. The largest absolute Gasteiger partial charge is 0.357 e. The zero-order valence-electron chi connectivity index (χ0n) is 16.8. The lowest BCUT2D eigenvalue weighted by Crippen LogP contribution is -2.26. The summed E-state index contributed by atoms with van der Waals surface area (Å²) in [7, 11) is 3.03. The smallest absolute Gasteiger partial charge is 0.277 e. The number of hydrogen-bond acceptors (Lipinski definition) is 3. The van der Waals surface area contributed by atoms with Gasteiger partial charge >= 0.3 is 0 Å². The number of nitrogens with zero attached hydrogens (tertiary/aromatic N) is 2. The molecule has 0 radical (unpaired) electrons. The molecule has 27 heavy (non-hydrogen) atoms. The summed E-state index contributed by atoms with van der Waals surface area (Å²) in [6.07, 6.45) is 6.55. The number of H-pyrrole nitrogens is 2. The predicted octanol–water partition coefficient (Wildman–Crippen LogP) is 3.82. The van der Waals surface area contributed by atoms with Crippen LogP contribution in [0.4, 0.5) is 0 Å². The Morgan fingerprint density at radius 3 is 2.85 bits per heavy atom. The molecule has 6 nitrogen and oxygen atoms in total. The van der Waals surface area contributed by atoms with Gasteiger partial charge in [-0.1, -0.05) is 26.5 Å². The third-order valence-corrected chi connectivity index (χ3v) is 5.31. The fourth-order valence-electron chi connectivity index (χ4n) is 3.56. The van der Waals surface area contributed by atoms with Crippen molar-refractivity contribution < 1.29 is 9.63 Å². The molecule has 0 aliphatic heterocycles. The van der Waals surface area contributed by atoms with E-state index in [4.69, 9.17) is 4.84 Å². The van der Waals surface area contributed by atoms with E-state index < -0.39 is 0 Å². The third kappa shape index (κ3) is 3.76. The van der Waals surface area contributed by atoms with Gasteiger partial charge in [-0.2, -0.15) is 5.10 Å². The molecule has 0 saturated carbocycles. The first-order valence-electron chi connectivity index (χ1n) is 9.18. The van der Waals surface area contributed by atoms with E-state index in [-0.39, 0.29) is 5.91 Å². The molecule has 0 saturated heterocycles. The summed E-state index contributed by atoms with van der Waals surface area (Å²) < 4.78 is 0. The second kappa shape index (κ2) is 7.19. The SMILES string of the molecule is C=C/C(=C\c1cc(-c2n[nH]c3c2CCC(C)(C)C3)[nH]c1C)C(=O)N(C)OC. The van der Waals surface area contributed by atoms with Gasteiger partial charge in [-0.3, -0.25) is 14.7 Å². The molecule has 1 amide bonds. The normalized spacial score (nSPS) is 16.1. The number of fused-ring (bicyclic) bond motifs is 1. The van der Waals surface area contributed by atoms with Gasteiger partial charge in [0.05, 0.1) is 12.8 Å². The van der Waals surface area contributed by atoms with Crippen molar-refractivity contribution >= 4 is 12.0 Å². The van der Waals surface area contributed by atoms with Crippen LogP contribution in [0.15, 0.2) is 24.3 Å². The Kier molecular flexibility index (Phi) is 5.11. The minimum atomic E-state index is -0.242. The Morgan fingerprint density at radius 2 is 2.19 bits per heavy atom. The molecule has 0 spiro atoms. The maximum Gasteiger partial charge on any atom is 0.277 e.